The molecule has 116 valence electrons. The van der Waals surface area contributed by atoms with E-state index in [0.29, 0.717) is 12.1 Å². The number of carbonyl (C=O) groups is 1. The molecule has 2 N–H and O–H groups in total. The van der Waals surface area contributed by atoms with Crippen LogP contribution in [0.4, 0.5) is 4.39 Å². The lowest BCUT2D eigenvalue weighted by Crippen LogP contribution is -2.43. The van der Waals surface area contributed by atoms with Crippen molar-refractivity contribution in [1.82, 2.24) is 10.6 Å². The van der Waals surface area contributed by atoms with Gasteiger partial charge in [0.15, 0.2) is 0 Å². The van der Waals surface area contributed by atoms with Gasteiger partial charge in [0.05, 0.1) is 12.1 Å². The molecule has 1 aromatic carbocycles. The van der Waals surface area contributed by atoms with Crippen molar-refractivity contribution in [3.8, 4) is 0 Å². The first-order chi connectivity index (χ1) is 9.60. The molecule has 0 aromatic heterocycles. The van der Waals surface area contributed by atoms with E-state index in [1.807, 2.05) is 0 Å². The van der Waals surface area contributed by atoms with Crippen LogP contribution in [0.2, 0.25) is 0 Å². The molecule has 0 bridgehead atoms. The Morgan fingerprint density at radius 3 is 2.67 bits per heavy atom. The second-order valence-corrected chi connectivity index (χ2v) is 4.89. The van der Waals surface area contributed by atoms with E-state index >= 15 is 0 Å². The predicted octanol–water partition coefficient (Wildman–Crippen LogP) is 1.75. The minimum atomic E-state index is -0.288. The zero-order valence-corrected chi connectivity index (χ0v) is 12.9. The summed E-state index contributed by atoms with van der Waals surface area (Å²) in [5, 5.41) is 6.12. The van der Waals surface area contributed by atoms with Crippen molar-refractivity contribution in [1.29, 1.82) is 0 Å². The normalized spacial score (nSPS) is 21.8. The van der Waals surface area contributed by atoms with Gasteiger partial charge >= 0.3 is 0 Å². The third-order valence-corrected chi connectivity index (χ3v) is 3.39. The first kappa shape index (κ1) is 17.6. The fourth-order valence-electron chi connectivity index (χ4n) is 2.20. The van der Waals surface area contributed by atoms with Crippen LogP contribution in [0.15, 0.2) is 29.8 Å². The number of ether oxygens (including phenoxy) is 1. The maximum absolute atomic E-state index is 12.8. The first-order valence-corrected chi connectivity index (χ1v) is 6.58. The highest BCUT2D eigenvalue weighted by atomic mass is 35.5. The SMILES string of the molecule is COC1CNCC1NC(=O)/C(C)=C/c1ccc(F)cc1.Cl. The van der Waals surface area contributed by atoms with Gasteiger partial charge in [-0.1, -0.05) is 12.1 Å². The molecule has 0 spiro atoms. The van der Waals surface area contributed by atoms with Gasteiger partial charge in [-0.25, -0.2) is 4.39 Å². The van der Waals surface area contributed by atoms with Gasteiger partial charge in [-0.3, -0.25) is 4.79 Å². The lowest BCUT2D eigenvalue weighted by Gasteiger charge is -2.18. The molecule has 2 atom stereocenters. The zero-order chi connectivity index (χ0) is 14.5. The summed E-state index contributed by atoms with van der Waals surface area (Å²) in [5.74, 6) is -0.422. The van der Waals surface area contributed by atoms with E-state index < -0.39 is 0 Å². The van der Waals surface area contributed by atoms with Crippen molar-refractivity contribution in [3.63, 3.8) is 0 Å². The lowest BCUT2D eigenvalue weighted by molar-refractivity contribution is -0.118. The van der Waals surface area contributed by atoms with E-state index in [2.05, 4.69) is 10.6 Å². The summed E-state index contributed by atoms with van der Waals surface area (Å²) in [6.07, 6.45) is 1.73. The largest absolute Gasteiger partial charge is 0.378 e. The number of hydrogen-bond acceptors (Lipinski definition) is 3. The summed E-state index contributed by atoms with van der Waals surface area (Å²) < 4.78 is 18.1. The Morgan fingerprint density at radius 2 is 2.05 bits per heavy atom. The van der Waals surface area contributed by atoms with Gasteiger partial charge in [0.2, 0.25) is 5.91 Å². The molecular formula is C15H20ClFN2O2. The smallest absolute Gasteiger partial charge is 0.247 e. The van der Waals surface area contributed by atoms with E-state index in [9.17, 15) is 9.18 Å². The van der Waals surface area contributed by atoms with Crippen LogP contribution in [0.1, 0.15) is 12.5 Å². The molecule has 1 saturated heterocycles. The Hall–Kier alpha value is -1.43. The summed E-state index contributed by atoms with van der Waals surface area (Å²) in [7, 11) is 1.64. The van der Waals surface area contributed by atoms with Crippen LogP contribution in [0.5, 0.6) is 0 Å². The summed E-state index contributed by atoms with van der Waals surface area (Å²) in [6, 6.07) is 6.00. The van der Waals surface area contributed by atoms with Crippen molar-refractivity contribution < 1.29 is 13.9 Å². The monoisotopic (exact) mass is 314 g/mol. The van der Waals surface area contributed by atoms with E-state index in [-0.39, 0.29) is 36.3 Å². The fourth-order valence-corrected chi connectivity index (χ4v) is 2.20. The summed E-state index contributed by atoms with van der Waals surface area (Å²) in [5.41, 5.74) is 1.38. The van der Waals surface area contributed by atoms with Crippen LogP contribution in [-0.4, -0.2) is 38.3 Å². The van der Waals surface area contributed by atoms with Gasteiger partial charge in [0.25, 0.3) is 0 Å². The molecule has 6 heteroatoms. The number of nitrogens with one attached hydrogen (secondary N) is 2. The Balaban J connectivity index is 0.00000220. The number of halogens is 2. The number of amides is 1. The summed E-state index contributed by atoms with van der Waals surface area (Å²) in [4.78, 5) is 12.1. The van der Waals surface area contributed by atoms with Gasteiger partial charge in [0, 0.05) is 25.8 Å². The molecule has 1 aliphatic rings. The average Bonchev–Trinajstić information content (AvgIpc) is 2.88. The molecule has 4 nitrogen and oxygen atoms in total. The molecule has 2 rings (SSSR count). The standard InChI is InChI=1S/C15H19FN2O2.ClH/c1-10(7-11-3-5-12(16)6-4-11)15(19)18-13-8-17-9-14(13)20-2;/h3-7,13-14,17H,8-9H2,1-2H3,(H,18,19);1H/b10-7+;. The predicted molar refractivity (Wildman–Crippen MR) is 82.9 cm³/mol. The molecule has 1 aromatic rings. The minimum Gasteiger partial charge on any atom is -0.378 e. The quantitative estimate of drug-likeness (QED) is 0.833. The van der Waals surface area contributed by atoms with Crippen molar-refractivity contribution in [2.24, 2.45) is 0 Å². The van der Waals surface area contributed by atoms with E-state index in [1.165, 1.54) is 12.1 Å². The van der Waals surface area contributed by atoms with Crippen molar-refractivity contribution in [2.75, 3.05) is 20.2 Å². The summed E-state index contributed by atoms with van der Waals surface area (Å²) in [6.45, 7) is 3.18. The molecular weight excluding hydrogens is 295 g/mol. The topological polar surface area (TPSA) is 50.4 Å². The average molecular weight is 315 g/mol. The van der Waals surface area contributed by atoms with Crippen molar-refractivity contribution in [2.45, 2.75) is 19.1 Å². The Bertz CT molecular complexity index is 505. The molecule has 1 fully saturated rings. The van der Waals surface area contributed by atoms with Crippen LogP contribution in [0.3, 0.4) is 0 Å². The number of methoxy groups -OCH3 is 1. The molecule has 0 saturated carbocycles. The van der Waals surface area contributed by atoms with Gasteiger partial charge in [0.1, 0.15) is 5.82 Å². The molecule has 1 heterocycles. The Kier molecular flexibility index (Phi) is 6.81. The van der Waals surface area contributed by atoms with Crippen LogP contribution in [0, 0.1) is 5.82 Å². The van der Waals surface area contributed by atoms with Crippen LogP contribution in [0.25, 0.3) is 6.08 Å². The number of hydrogen-bond donors (Lipinski definition) is 2. The lowest BCUT2D eigenvalue weighted by atomic mass is 10.1. The van der Waals surface area contributed by atoms with E-state index in [0.717, 1.165) is 12.1 Å². The zero-order valence-electron chi connectivity index (χ0n) is 12.1. The fraction of sp³-hybridized carbons (Fsp3) is 0.400. The maximum Gasteiger partial charge on any atom is 0.247 e. The molecule has 0 radical (unpaired) electrons. The summed E-state index contributed by atoms with van der Waals surface area (Å²) >= 11 is 0. The third-order valence-electron chi connectivity index (χ3n) is 3.39. The van der Waals surface area contributed by atoms with Crippen molar-refractivity contribution >= 4 is 24.4 Å². The highest BCUT2D eigenvalue weighted by molar-refractivity contribution is 5.97. The molecule has 1 amide bonds. The highest BCUT2D eigenvalue weighted by Gasteiger charge is 2.28. The Labute approximate surface area is 130 Å². The van der Waals surface area contributed by atoms with Crippen molar-refractivity contribution in [3.05, 3.63) is 41.2 Å². The van der Waals surface area contributed by atoms with E-state index in [1.54, 1.807) is 32.2 Å². The van der Waals surface area contributed by atoms with Crippen LogP contribution in [-0.2, 0) is 9.53 Å². The third kappa shape index (κ3) is 4.81. The number of rotatable bonds is 4. The first-order valence-electron chi connectivity index (χ1n) is 6.58. The van der Waals surface area contributed by atoms with E-state index in [4.69, 9.17) is 4.74 Å². The second-order valence-electron chi connectivity index (χ2n) is 4.89. The van der Waals surface area contributed by atoms with Crippen LogP contribution >= 0.6 is 12.4 Å². The second kappa shape index (κ2) is 8.12. The molecule has 1 aliphatic heterocycles. The molecule has 0 aliphatic carbocycles. The van der Waals surface area contributed by atoms with Gasteiger partial charge in [-0.2, -0.15) is 0 Å². The Morgan fingerprint density at radius 1 is 1.38 bits per heavy atom. The molecule has 21 heavy (non-hydrogen) atoms. The van der Waals surface area contributed by atoms with Crippen LogP contribution < -0.4 is 10.6 Å². The van der Waals surface area contributed by atoms with Gasteiger partial charge in [-0.05, 0) is 30.7 Å². The van der Waals surface area contributed by atoms with Gasteiger partial charge < -0.3 is 15.4 Å². The van der Waals surface area contributed by atoms with Gasteiger partial charge in [-0.15, -0.1) is 12.4 Å². The highest BCUT2D eigenvalue weighted by Crippen LogP contribution is 2.10. The number of benzene rings is 1. The molecule has 2 unspecified atom stereocenters. The number of carbonyl (C=O) groups excluding carboxylic acids is 1. The maximum atomic E-state index is 12.8. The minimum absolute atomic E-state index is 0.